The van der Waals surface area contributed by atoms with Crippen molar-refractivity contribution >= 4 is 86.0 Å². The SMILES string of the molecule is c1ccc2c(-n3c4ccccc4c4ccc(-c5c(-n6c7ccccc7c7ccccc76)ccc6c5sc5ccccc56)cc43)ccnc2c1. The maximum absolute atomic E-state index is 4.71. The molecule has 11 rings (SSSR count). The molecular formula is C45H27N3S. The van der Waals surface area contributed by atoms with Gasteiger partial charge in [0.25, 0.3) is 0 Å². The second-order valence-electron chi connectivity index (χ2n) is 12.7. The van der Waals surface area contributed by atoms with Gasteiger partial charge >= 0.3 is 0 Å². The van der Waals surface area contributed by atoms with Crippen LogP contribution >= 0.6 is 11.3 Å². The van der Waals surface area contributed by atoms with E-state index >= 15 is 0 Å². The molecule has 0 radical (unpaired) electrons. The highest BCUT2D eigenvalue weighted by atomic mass is 32.1. The zero-order valence-electron chi connectivity index (χ0n) is 26.3. The first-order valence-electron chi connectivity index (χ1n) is 16.6. The van der Waals surface area contributed by atoms with Crippen LogP contribution in [0.2, 0.25) is 0 Å². The lowest BCUT2D eigenvalue weighted by molar-refractivity contribution is 1.18. The van der Waals surface area contributed by atoms with E-state index in [0.29, 0.717) is 0 Å². The molecule has 0 bridgehead atoms. The highest BCUT2D eigenvalue weighted by Crippen LogP contribution is 2.46. The average molecular weight is 642 g/mol. The molecule has 4 heterocycles. The minimum Gasteiger partial charge on any atom is -0.309 e. The van der Waals surface area contributed by atoms with Gasteiger partial charge in [-0.25, -0.2) is 0 Å². The second-order valence-corrected chi connectivity index (χ2v) is 13.8. The first-order valence-corrected chi connectivity index (χ1v) is 17.5. The van der Waals surface area contributed by atoms with Crippen molar-refractivity contribution in [3.05, 3.63) is 164 Å². The van der Waals surface area contributed by atoms with E-state index in [9.17, 15) is 0 Å². The molecular weight excluding hydrogens is 615 g/mol. The number of para-hydroxylation sites is 4. The molecule has 49 heavy (non-hydrogen) atoms. The van der Waals surface area contributed by atoms with Gasteiger partial charge in [-0.2, -0.15) is 0 Å². The third-order valence-electron chi connectivity index (χ3n) is 10.2. The van der Waals surface area contributed by atoms with Crippen molar-refractivity contribution in [3.63, 3.8) is 0 Å². The van der Waals surface area contributed by atoms with Crippen LogP contribution < -0.4 is 0 Å². The molecule has 3 nitrogen and oxygen atoms in total. The molecule has 0 aliphatic carbocycles. The maximum Gasteiger partial charge on any atom is 0.0723 e. The van der Waals surface area contributed by atoms with Crippen molar-refractivity contribution in [1.29, 1.82) is 0 Å². The van der Waals surface area contributed by atoms with Crippen LogP contribution in [0.3, 0.4) is 0 Å². The first kappa shape index (κ1) is 26.8. The van der Waals surface area contributed by atoms with Gasteiger partial charge in [0.1, 0.15) is 0 Å². The van der Waals surface area contributed by atoms with Gasteiger partial charge in [-0.1, -0.05) is 109 Å². The molecule has 4 aromatic heterocycles. The van der Waals surface area contributed by atoms with Crippen LogP contribution in [0.4, 0.5) is 0 Å². The summed E-state index contributed by atoms with van der Waals surface area (Å²) in [6.45, 7) is 0. The highest BCUT2D eigenvalue weighted by molar-refractivity contribution is 7.26. The maximum atomic E-state index is 4.71. The van der Waals surface area contributed by atoms with E-state index in [-0.39, 0.29) is 0 Å². The number of hydrogen-bond donors (Lipinski definition) is 0. The van der Waals surface area contributed by atoms with E-state index in [1.165, 1.54) is 80.6 Å². The summed E-state index contributed by atoms with van der Waals surface area (Å²) in [5.41, 5.74) is 10.6. The summed E-state index contributed by atoms with van der Waals surface area (Å²) in [7, 11) is 0. The highest BCUT2D eigenvalue weighted by Gasteiger charge is 2.22. The summed E-state index contributed by atoms with van der Waals surface area (Å²) in [6, 6.07) is 57.5. The molecule has 0 spiro atoms. The predicted molar refractivity (Wildman–Crippen MR) is 209 cm³/mol. The third kappa shape index (κ3) is 3.75. The van der Waals surface area contributed by atoms with Crippen molar-refractivity contribution in [2.24, 2.45) is 0 Å². The lowest BCUT2D eigenvalue weighted by Crippen LogP contribution is -1.98. The second kappa shape index (κ2) is 10.1. The molecule has 0 atom stereocenters. The number of thiophene rings is 1. The summed E-state index contributed by atoms with van der Waals surface area (Å²) in [5.74, 6) is 0. The fraction of sp³-hybridized carbons (Fsp3) is 0. The first-order chi connectivity index (χ1) is 24.3. The fourth-order valence-electron chi connectivity index (χ4n) is 8.09. The van der Waals surface area contributed by atoms with Gasteiger partial charge in [0, 0.05) is 58.9 Å². The Kier molecular flexibility index (Phi) is 5.54. The number of nitrogens with zero attached hydrogens (tertiary/aromatic N) is 3. The third-order valence-corrected chi connectivity index (χ3v) is 11.4. The van der Waals surface area contributed by atoms with Crippen molar-refractivity contribution in [2.75, 3.05) is 0 Å². The summed E-state index contributed by atoms with van der Waals surface area (Å²) in [6.07, 6.45) is 1.93. The van der Waals surface area contributed by atoms with E-state index in [4.69, 9.17) is 4.98 Å². The van der Waals surface area contributed by atoms with Crippen LogP contribution in [0.1, 0.15) is 0 Å². The van der Waals surface area contributed by atoms with Crippen LogP contribution in [-0.2, 0) is 0 Å². The lowest BCUT2D eigenvalue weighted by atomic mass is 9.98. The Morgan fingerprint density at radius 2 is 0.959 bits per heavy atom. The van der Waals surface area contributed by atoms with Gasteiger partial charge < -0.3 is 9.13 Å². The number of fused-ring (bicyclic) bond motifs is 10. The van der Waals surface area contributed by atoms with Gasteiger partial charge in [0.2, 0.25) is 0 Å². The number of hydrogen-bond acceptors (Lipinski definition) is 2. The fourth-order valence-corrected chi connectivity index (χ4v) is 9.35. The Balaban J connectivity index is 1.30. The number of benzene rings is 7. The molecule has 0 fully saturated rings. The zero-order valence-corrected chi connectivity index (χ0v) is 27.2. The largest absolute Gasteiger partial charge is 0.309 e. The van der Waals surface area contributed by atoms with Crippen molar-refractivity contribution in [1.82, 2.24) is 14.1 Å². The molecule has 0 saturated carbocycles. The molecule has 0 aliphatic heterocycles. The zero-order chi connectivity index (χ0) is 32.1. The van der Waals surface area contributed by atoms with E-state index in [1.807, 2.05) is 17.5 Å². The lowest BCUT2D eigenvalue weighted by Gasteiger charge is -2.16. The summed E-state index contributed by atoms with van der Waals surface area (Å²) < 4.78 is 7.51. The van der Waals surface area contributed by atoms with Gasteiger partial charge in [-0.15, -0.1) is 11.3 Å². The van der Waals surface area contributed by atoms with E-state index < -0.39 is 0 Å². The monoisotopic (exact) mass is 641 g/mol. The van der Waals surface area contributed by atoms with Gasteiger partial charge in [-0.05, 0) is 54.1 Å². The predicted octanol–water partition coefficient (Wildman–Crippen LogP) is 12.5. The van der Waals surface area contributed by atoms with Crippen molar-refractivity contribution < 1.29 is 0 Å². The Bertz CT molecular complexity index is 3060. The van der Waals surface area contributed by atoms with Gasteiger partial charge in [0.05, 0.1) is 39.0 Å². The molecule has 0 saturated heterocycles. The topological polar surface area (TPSA) is 22.8 Å². The standard InChI is InChI=1S/C45H27N3S/c1-6-16-36-35(15-1)40(25-26-46-36)48-39-19-9-4-13-31(39)32-22-21-28(27-42(32)48)44-41(24-23-34-33-14-5-10-20-43(33)49-45(34)44)47-37-17-7-2-11-29(37)30-12-3-8-18-38(30)47/h1-27H. The minimum absolute atomic E-state index is 0.991. The van der Waals surface area contributed by atoms with Crippen LogP contribution in [0.5, 0.6) is 0 Å². The Morgan fingerprint density at radius 3 is 1.67 bits per heavy atom. The van der Waals surface area contributed by atoms with Crippen LogP contribution in [0.25, 0.3) is 97.2 Å². The molecule has 228 valence electrons. The van der Waals surface area contributed by atoms with E-state index in [1.54, 1.807) is 0 Å². The molecule has 4 heteroatoms. The van der Waals surface area contributed by atoms with Crippen LogP contribution in [-0.4, -0.2) is 14.1 Å². The number of rotatable bonds is 3. The quantitative estimate of drug-likeness (QED) is 0.188. The number of pyridine rings is 1. The Hall–Kier alpha value is -6.23. The summed E-state index contributed by atoms with van der Waals surface area (Å²) in [4.78, 5) is 4.71. The molecule has 0 N–H and O–H groups in total. The van der Waals surface area contributed by atoms with Gasteiger partial charge in [-0.3, -0.25) is 4.98 Å². The molecule has 7 aromatic carbocycles. The Labute approximate surface area is 285 Å². The number of aromatic nitrogens is 3. The molecule has 11 aromatic rings. The summed E-state index contributed by atoms with van der Waals surface area (Å²) in [5, 5.41) is 8.74. The van der Waals surface area contributed by atoms with Crippen molar-refractivity contribution in [3.8, 4) is 22.5 Å². The minimum atomic E-state index is 0.991. The average Bonchev–Trinajstić information content (AvgIpc) is 3.82. The smallest absolute Gasteiger partial charge is 0.0723 e. The summed E-state index contributed by atoms with van der Waals surface area (Å²) >= 11 is 1.89. The van der Waals surface area contributed by atoms with Gasteiger partial charge in [0.15, 0.2) is 0 Å². The van der Waals surface area contributed by atoms with Crippen LogP contribution in [0.15, 0.2) is 164 Å². The van der Waals surface area contributed by atoms with E-state index in [2.05, 4.69) is 167 Å². The van der Waals surface area contributed by atoms with Crippen LogP contribution in [0, 0.1) is 0 Å². The molecule has 0 aliphatic rings. The molecule has 0 amide bonds. The Morgan fingerprint density at radius 1 is 0.408 bits per heavy atom. The normalized spacial score (nSPS) is 12.1. The van der Waals surface area contributed by atoms with E-state index in [0.717, 1.165) is 16.6 Å². The molecule has 0 unspecified atom stereocenters. The van der Waals surface area contributed by atoms with Crippen molar-refractivity contribution in [2.45, 2.75) is 0 Å².